The molecule has 0 radical (unpaired) electrons. The monoisotopic (exact) mass is 1790 g/mol. The Labute approximate surface area is 745 Å². The standard InChI is InChI=1S/C23H29N5O4.C22H30FN5O4.C22H29N5O7.C20H28N6O5/c29-21(7-4-12-26-20-6-1-2-11-25-20)28-13-8-17(9-14-28)23(32)27-19(15-22(30)31)18-5-3-10-24-16-18;23-17-4-1-3-16(13-17)18(14-20(30)31)27-21(32)15-6-11-28(12-7-15)19(29)5-2-8-24-22-25-9-10-26-22;28-19(29)12-16(15-1-2-17-18(11-15)34-13-33-17)26-20(30)14-3-8-27(9-4-14)22(31)32-10-7-25-21-23-5-6-24-21;27-17(28)12-16(15-2-1-5-21-13-15)25-18(29)14-3-9-26(10-4-14)20(30)31-11-8-24-19-22-6-7-23-19/h1-3,5-6,10-11,16-17,19H,4,7-9,12-15H2,(H,25,26)(H,27,32)(H,30,31);1,3-4,13,15,18H,2,5-12,14H2,(H,27,32)(H,30,31)(H2,24,25,26);1-2,11,14,16H,3-10,12-13H2,(H,26,30)(H,28,29)(H2,23,24,25);1-2,5,13-14,16H,3-4,6-12H2,(H,25,29)(H,27,28)(H2,22,23,24)/t19-;;;/m0.../s1. The summed E-state index contributed by atoms with van der Waals surface area (Å²) in [5.74, 6) is -2.34. The molecule has 4 atom stereocenters. The lowest BCUT2D eigenvalue weighted by molar-refractivity contribution is -0.139. The molecule has 8 aliphatic rings. The second-order valence-electron chi connectivity index (χ2n) is 31.5. The Balaban J connectivity index is 0.000000179. The van der Waals surface area contributed by atoms with Crippen LogP contribution in [0.25, 0.3) is 0 Å². The molecule has 4 saturated heterocycles. The molecule has 5 aromatic rings. The number of anilines is 1. The van der Waals surface area contributed by atoms with E-state index in [1.54, 1.807) is 99.1 Å². The summed E-state index contributed by atoms with van der Waals surface area (Å²) in [5.41, 5.74) is 2.36. The molecule has 8 amide bonds. The summed E-state index contributed by atoms with van der Waals surface area (Å²) in [6.45, 7) is 11.2. The van der Waals surface area contributed by atoms with Gasteiger partial charge in [0.2, 0.25) is 42.2 Å². The number of benzene rings is 2. The van der Waals surface area contributed by atoms with Crippen molar-refractivity contribution in [2.24, 2.45) is 38.6 Å². The number of carboxylic acid groups (broad SMARTS) is 4. The Hall–Kier alpha value is -13.7. The van der Waals surface area contributed by atoms with Gasteiger partial charge in [0.1, 0.15) is 24.8 Å². The number of aliphatic carboxylic acids is 4. The van der Waals surface area contributed by atoms with Gasteiger partial charge in [-0.3, -0.25) is 72.9 Å². The maximum absolute atomic E-state index is 13.6. The lowest BCUT2D eigenvalue weighted by Gasteiger charge is -2.32. The van der Waals surface area contributed by atoms with E-state index in [4.69, 9.17) is 18.9 Å². The second kappa shape index (κ2) is 51.8. The molecule has 41 nitrogen and oxygen atoms in total. The van der Waals surface area contributed by atoms with Gasteiger partial charge in [-0.1, -0.05) is 36.4 Å². The molecular weight excluding hydrogens is 1680 g/mol. The van der Waals surface area contributed by atoms with Crippen LogP contribution in [-0.4, -0.2) is 282 Å². The Bertz CT molecular complexity index is 4630. The highest BCUT2D eigenvalue weighted by Gasteiger charge is 2.36. The number of nitrogens with zero attached hydrogens (tertiary/aromatic N) is 10. The molecule has 0 spiro atoms. The first-order valence-corrected chi connectivity index (χ1v) is 43.6. The van der Waals surface area contributed by atoms with E-state index in [0.717, 1.165) is 57.0 Å². The molecule has 3 unspecified atom stereocenters. The normalized spacial score (nSPS) is 16.9. The first-order valence-electron chi connectivity index (χ1n) is 43.6. The van der Waals surface area contributed by atoms with Crippen molar-refractivity contribution < 1.29 is 101 Å². The molecule has 696 valence electrons. The lowest BCUT2D eigenvalue weighted by atomic mass is 9.94. The van der Waals surface area contributed by atoms with Crippen molar-refractivity contribution in [1.29, 1.82) is 0 Å². The van der Waals surface area contributed by atoms with Crippen LogP contribution in [0.5, 0.6) is 11.5 Å². The molecule has 4 fully saturated rings. The van der Waals surface area contributed by atoms with Gasteiger partial charge >= 0.3 is 36.1 Å². The molecule has 13 rings (SSSR count). The van der Waals surface area contributed by atoms with E-state index in [2.05, 4.69) is 88.4 Å². The molecule has 0 saturated carbocycles. The fourth-order valence-corrected chi connectivity index (χ4v) is 15.3. The Morgan fingerprint density at radius 3 is 1.17 bits per heavy atom. The minimum Gasteiger partial charge on any atom is -0.481 e. The van der Waals surface area contributed by atoms with Gasteiger partial charge in [0.05, 0.1) is 82.6 Å². The summed E-state index contributed by atoms with van der Waals surface area (Å²) in [6, 6.07) is 20.5. The SMILES string of the molecule is O=C(O)CC(NC(=O)C1CCN(C(=O)CCCNC2=NCCN2)CC1)c1cccc(F)c1.O=C(O)CC(NC(=O)C1CCN(C(=O)OCCNC2=NCCN2)CC1)c1ccc2c(c1)OCO2.O=C(O)CC(NC(=O)C1CCN(C(=O)OCCNC2=NCCN2)CC1)c1cccnc1.O=C(O)C[C@H](NC(=O)C1CCN(C(=O)CCCNc2ccccn2)CC1)c1cccnc1. The number of likely N-dealkylation sites (tertiary alicyclic amines) is 4. The summed E-state index contributed by atoms with van der Waals surface area (Å²) in [5, 5.41) is 69.9. The fourth-order valence-electron chi connectivity index (χ4n) is 15.3. The van der Waals surface area contributed by atoms with Crippen LogP contribution >= 0.6 is 0 Å². The van der Waals surface area contributed by atoms with Crippen LogP contribution in [0.2, 0.25) is 0 Å². The minimum absolute atomic E-state index is 0.0653. The first kappa shape index (κ1) is 97.5. The lowest BCUT2D eigenvalue weighted by Crippen LogP contribution is -2.44. The number of hydrogen-bond donors (Lipinski definition) is 15. The van der Waals surface area contributed by atoms with E-state index >= 15 is 0 Å². The zero-order valence-electron chi connectivity index (χ0n) is 71.9. The molecule has 42 heteroatoms. The van der Waals surface area contributed by atoms with E-state index in [1.165, 1.54) is 18.2 Å². The number of halogens is 1. The third kappa shape index (κ3) is 33.2. The highest BCUT2D eigenvalue weighted by atomic mass is 19.1. The molecule has 15 N–H and O–H groups in total. The van der Waals surface area contributed by atoms with Crippen LogP contribution in [0.3, 0.4) is 0 Å². The number of piperidine rings is 4. The first-order chi connectivity index (χ1) is 62.5. The quantitative estimate of drug-likeness (QED) is 0.0256. The van der Waals surface area contributed by atoms with Crippen LogP contribution in [0.4, 0.5) is 19.8 Å². The molecule has 0 bridgehead atoms. The van der Waals surface area contributed by atoms with Gasteiger partial charge in [0.15, 0.2) is 29.4 Å². The number of nitrogens with one attached hydrogen (secondary N) is 11. The van der Waals surface area contributed by atoms with Gasteiger partial charge in [-0.2, -0.15) is 0 Å². The number of carbonyl (C=O) groups excluding carboxylic acids is 8. The Morgan fingerprint density at radius 2 is 0.798 bits per heavy atom. The van der Waals surface area contributed by atoms with Crippen molar-refractivity contribution >= 4 is 95.2 Å². The Kier molecular flexibility index (Phi) is 39.1. The predicted octanol–water partition coefficient (Wildman–Crippen LogP) is 3.82. The van der Waals surface area contributed by atoms with E-state index in [0.29, 0.717) is 195 Å². The zero-order chi connectivity index (χ0) is 91.7. The number of rotatable bonds is 35. The van der Waals surface area contributed by atoms with Gasteiger partial charge in [0.25, 0.3) is 0 Å². The summed E-state index contributed by atoms with van der Waals surface area (Å²) < 4.78 is 34.8. The van der Waals surface area contributed by atoms with Crippen LogP contribution in [0, 0.1) is 29.5 Å². The summed E-state index contributed by atoms with van der Waals surface area (Å²) in [6.07, 6.45) is 12.6. The number of pyridine rings is 3. The number of carbonyl (C=O) groups is 12. The van der Waals surface area contributed by atoms with Crippen molar-refractivity contribution in [3.63, 3.8) is 0 Å². The third-order valence-electron chi connectivity index (χ3n) is 22.4. The summed E-state index contributed by atoms with van der Waals surface area (Å²) in [4.78, 5) is 177. The van der Waals surface area contributed by atoms with Crippen molar-refractivity contribution in [2.45, 2.75) is 127 Å². The zero-order valence-corrected chi connectivity index (χ0v) is 71.9. The van der Waals surface area contributed by atoms with Crippen LogP contribution in [-0.2, 0) is 57.4 Å². The van der Waals surface area contributed by atoms with Gasteiger partial charge in [-0.25, -0.2) is 19.0 Å². The predicted molar refractivity (Wildman–Crippen MR) is 466 cm³/mol. The van der Waals surface area contributed by atoms with Gasteiger partial charge in [-0.05, 0) is 135 Å². The maximum Gasteiger partial charge on any atom is 0.409 e. The molecule has 0 aliphatic carbocycles. The number of fused-ring (bicyclic) bond motifs is 1. The van der Waals surface area contributed by atoms with Gasteiger partial charge in [0, 0.05) is 153 Å². The number of aromatic nitrogens is 3. The topological polar surface area (TPSA) is 544 Å². The second-order valence-corrected chi connectivity index (χ2v) is 31.5. The van der Waals surface area contributed by atoms with Crippen LogP contribution in [0.15, 0.2) is 131 Å². The maximum atomic E-state index is 13.6. The van der Waals surface area contributed by atoms with Crippen molar-refractivity contribution in [3.8, 4) is 11.5 Å². The summed E-state index contributed by atoms with van der Waals surface area (Å²) in [7, 11) is 0. The molecule has 11 heterocycles. The number of amides is 8. The molecule has 2 aromatic carbocycles. The largest absolute Gasteiger partial charge is 0.481 e. The van der Waals surface area contributed by atoms with Crippen molar-refractivity contribution in [1.82, 2.24) is 87.7 Å². The summed E-state index contributed by atoms with van der Waals surface area (Å²) >= 11 is 0. The number of carboxylic acids is 4. The Morgan fingerprint density at radius 1 is 0.419 bits per heavy atom. The van der Waals surface area contributed by atoms with E-state index < -0.39 is 66.0 Å². The number of guanidine groups is 3. The van der Waals surface area contributed by atoms with Crippen LogP contribution < -0.4 is 68.0 Å². The smallest absolute Gasteiger partial charge is 0.409 e. The number of aliphatic imine (C=N–C) groups is 3. The number of hydrogen-bond acceptors (Lipinski definition) is 29. The fraction of sp³-hybridized carbons (Fsp3) is 0.517. The van der Waals surface area contributed by atoms with E-state index in [9.17, 15) is 82.4 Å². The molecular formula is C87H116FN21O20. The van der Waals surface area contributed by atoms with Crippen LogP contribution in [0.1, 0.15) is 149 Å². The average molecular weight is 1800 g/mol. The molecule has 129 heavy (non-hydrogen) atoms. The van der Waals surface area contributed by atoms with Crippen molar-refractivity contribution in [2.75, 3.05) is 143 Å². The third-order valence-corrected chi connectivity index (χ3v) is 22.4. The molecule has 3 aromatic heterocycles. The highest BCUT2D eigenvalue weighted by Crippen LogP contribution is 2.36. The van der Waals surface area contributed by atoms with E-state index in [-0.39, 0.29) is 105 Å². The minimum atomic E-state index is -1.08. The van der Waals surface area contributed by atoms with Gasteiger partial charge in [-0.15, -0.1) is 0 Å². The molecule has 8 aliphatic heterocycles. The van der Waals surface area contributed by atoms with Crippen molar-refractivity contribution in [3.05, 3.63) is 144 Å². The highest BCUT2D eigenvalue weighted by molar-refractivity contribution is 5.86. The van der Waals surface area contributed by atoms with Gasteiger partial charge < -0.3 is 117 Å². The number of ether oxygens (including phenoxy) is 4. The van der Waals surface area contributed by atoms with E-state index in [1.807, 2.05) is 18.2 Å². The average Bonchev–Trinajstić information content (AvgIpc) is 0.910.